The summed E-state index contributed by atoms with van der Waals surface area (Å²) in [6.45, 7) is 5.43. The molecule has 0 spiro atoms. The normalized spacial score (nSPS) is 19.2. The lowest BCUT2D eigenvalue weighted by molar-refractivity contribution is 0.363. The molecule has 0 bridgehead atoms. The summed E-state index contributed by atoms with van der Waals surface area (Å²) in [6, 6.07) is 13.5. The lowest BCUT2D eigenvalue weighted by Crippen LogP contribution is -2.41. The van der Waals surface area contributed by atoms with Gasteiger partial charge < -0.3 is 10.1 Å². The molecular weight excluding hydrogens is 289 g/mol. The van der Waals surface area contributed by atoms with Crippen molar-refractivity contribution >= 4 is 0 Å². The molecule has 0 aromatic heterocycles. The average molecular weight is 313 g/mol. The van der Waals surface area contributed by atoms with E-state index < -0.39 is 0 Å². The van der Waals surface area contributed by atoms with E-state index in [1.165, 1.54) is 17.2 Å². The summed E-state index contributed by atoms with van der Waals surface area (Å²) in [5.74, 6) is 0.743. The topological polar surface area (TPSA) is 21.3 Å². The zero-order valence-corrected chi connectivity index (χ0v) is 14.0. The van der Waals surface area contributed by atoms with E-state index in [0.29, 0.717) is 6.04 Å². The monoisotopic (exact) mass is 313 g/mol. The highest BCUT2D eigenvalue weighted by molar-refractivity contribution is 5.43. The van der Waals surface area contributed by atoms with Crippen molar-refractivity contribution in [1.82, 2.24) is 5.32 Å². The summed E-state index contributed by atoms with van der Waals surface area (Å²) >= 11 is 0. The molecule has 0 aliphatic carbocycles. The summed E-state index contributed by atoms with van der Waals surface area (Å²) in [5, 5.41) is 3.65. The molecule has 1 aliphatic rings. The van der Waals surface area contributed by atoms with Crippen molar-refractivity contribution in [2.45, 2.75) is 38.1 Å². The van der Waals surface area contributed by atoms with Gasteiger partial charge in [0.15, 0.2) is 0 Å². The summed E-state index contributed by atoms with van der Waals surface area (Å²) in [4.78, 5) is 0. The Morgan fingerprint density at radius 3 is 2.78 bits per heavy atom. The van der Waals surface area contributed by atoms with E-state index in [0.717, 1.165) is 30.7 Å². The summed E-state index contributed by atoms with van der Waals surface area (Å²) in [6.07, 6.45) is 1.82. The van der Waals surface area contributed by atoms with E-state index >= 15 is 0 Å². The van der Waals surface area contributed by atoms with Crippen LogP contribution in [0.2, 0.25) is 0 Å². The smallest absolute Gasteiger partial charge is 0.123 e. The number of fused-ring (bicyclic) bond motifs is 1. The van der Waals surface area contributed by atoms with E-state index in [9.17, 15) is 4.39 Å². The molecule has 23 heavy (non-hydrogen) atoms. The molecule has 0 fully saturated rings. The fraction of sp³-hybridized carbons (Fsp3) is 0.400. The minimum Gasteiger partial charge on any atom is -0.497 e. The molecular formula is C20H24FNO. The SMILES string of the molecule is COc1ccc2c(c1)C(C)(C)CNC2CCc1cccc(F)c1. The third-order valence-electron chi connectivity index (χ3n) is 4.77. The van der Waals surface area contributed by atoms with E-state index in [4.69, 9.17) is 4.74 Å². The third kappa shape index (κ3) is 3.40. The van der Waals surface area contributed by atoms with Gasteiger partial charge in [-0.25, -0.2) is 4.39 Å². The number of hydrogen-bond acceptors (Lipinski definition) is 2. The van der Waals surface area contributed by atoms with Gasteiger partial charge in [0.05, 0.1) is 7.11 Å². The van der Waals surface area contributed by atoms with Crippen LogP contribution in [0.5, 0.6) is 5.75 Å². The highest BCUT2D eigenvalue weighted by Gasteiger charge is 2.32. The van der Waals surface area contributed by atoms with E-state index in [1.807, 2.05) is 12.1 Å². The first-order valence-electron chi connectivity index (χ1n) is 8.16. The molecule has 1 N–H and O–H groups in total. The van der Waals surface area contributed by atoms with Crippen LogP contribution in [0.1, 0.15) is 43.0 Å². The van der Waals surface area contributed by atoms with E-state index in [2.05, 4.69) is 31.3 Å². The predicted octanol–water partition coefficient (Wildman–Crippen LogP) is 4.39. The van der Waals surface area contributed by atoms with Gasteiger partial charge in [-0.3, -0.25) is 0 Å². The standard InChI is InChI=1S/C20H24FNO/c1-20(2)13-22-19(10-7-14-5-4-6-15(21)11-14)17-9-8-16(23-3)12-18(17)20/h4-6,8-9,11-12,19,22H,7,10,13H2,1-3H3. The molecule has 2 aromatic carbocycles. The van der Waals surface area contributed by atoms with Crippen LogP contribution >= 0.6 is 0 Å². The number of aryl methyl sites for hydroxylation is 1. The highest BCUT2D eigenvalue weighted by atomic mass is 19.1. The van der Waals surface area contributed by atoms with Crippen LogP contribution in [0.15, 0.2) is 42.5 Å². The fourth-order valence-corrected chi connectivity index (χ4v) is 3.40. The first-order chi connectivity index (χ1) is 11.0. The van der Waals surface area contributed by atoms with Crippen LogP contribution in [-0.2, 0) is 11.8 Å². The number of benzene rings is 2. The average Bonchev–Trinajstić information content (AvgIpc) is 2.54. The Hall–Kier alpha value is -1.87. The van der Waals surface area contributed by atoms with Crippen molar-refractivity contribution in [3.8, 4) is 5.75 Å². The van der Waals surface area contributed by atoms with Crippen LogP contribution in [0.4, 0.5) is 4.39 Å². The third-order valence-corrected chi connectivity index (χ3v) is 4.77. The van der Waals surface area contributed by atoms with Crippen LogP contribution in [-0.4, -0.2) is 13.7 Å². The molecule has 0 amide bonds. The molecule has 2 aromatic rings. The largest absolute Gasteiger partial charge is 0.497 e. The lowest BCUT2D eigenvalue weighted by Gasteiger charge is -2.38. The minimum absolute atomic E-state index is 0.0826. The molecule has 0 radical (unpaired) electrons. The maximum Gasteiger partial charge on any atom is 0.123 e. The van der Waals surface area contributed by atoms with Crippen molar-refractivity contribution in [3.05, 3.63) is 65.0 Å². The number of ether oxygens (including phenoxy) is 1. The maximum absolute atomic E-state index is 13.3. The molecule has 0 saturated carbocycles. The Kier molecular flexibility index (Phi) is 4.40. The van der Waals surface area contributed by atoms with E-state index in [-0.39, 0.29) is 11.2 Å². The Balaban J connectivity index is 1.82. The Labute approximate surface area is 137 Å². The second kappa shape index (κ2) is 6.32. The van der Waals surface area contributed by atoms with Gasteiger partial charge in [0.25, 0.3) is 0 Å². The van der Waals surface area contributed by atoms with Crippen molar-refractivity contribution in [2.75, 3.05) is 13.7 Å². The Bertz CT molecular complexity index is 696. The number of nitrogens with one attached hydrogen (secondary N) is 1. The van der Waals surface area contributed by atoms with Gasteiger partial charge in [0.2, 0.25) is 0 Å². The Morgan fingerprint density at radius 1 is 1.22 bits per heavy atom. The number of rotatable bonds is 4. The molecule has 2 nitrogen and oxygen atoms in total. The first kappa shape index (κ1) is 16.0. The molecule has 3 heteroatoms. The summed E-state index contributed by atoms with van der Waals surface area (Å²) in [5.41, 5.74) is 3.81. The number of hydrogen-bond donors (Lipinski definition) is 1. The second-order valence-electron chi connectivity index (χ2n) is 6.94. The zero-order valence-electron chi connectivity index (χ0n) is 14.0. The van der Waals surface area contributed by atoms with Gasteiger partial charge in [0.1, 0.15) is 11.6 Å². The quantitative estimate of drug-likeness (QED) is 0.904. The van der Waals surface area contributed by atoms with Gasteiger partial charge in [-0.05, 0) is 53.8 Å². The molecule has 0 saturated heterocycles. The van der Waals surface area contributed by atoms with Crippen LogP contribution in [0, 0.1) is 5.82 Å². The Morgan fingerprint density at radius 2 is 2.04 bits per heavy atom. The molecule has 3 rings (SSSR count). The molecule has 1 unspecified atom stereocenters. The van der Waals surface area contributed by atoms with Crippen molar-refractivity contribution < 1.29 is 9.13 Å². The van der Waals surface area contributed by atoms with Gasteiger partial charge >= 0.3 is 0 Å². The van der Waals surface area contributed by atoms with Crippen LogP contribution in [0.25, 0.3) is 0 Å². The second-order valence-corrected chi connectivity index (χ2v) is 6.94. The van der Waals surface area contributed by atoms with E-state index in [1.54, 1.807) is 19.2 Å². The minimum atomic E-state index is -0.162. The first-order valence-corrected chi connectivity index (χ1v) is 8.16. The molecule has 1 atom stereocenters. The summed E-state index contributed by atoms with van der Waals surface area (Å²) < 4.78 is 18.7. The molecule has 122 valence electrons. The summed E-state index contributed by atoms with van der Waals surface area (Å²) in [7, 11) is 1.71. The van der Waals surface area contributed by atoms with Crippen molar-refractivity contribution in [1.29, 1.82) is 0 Å². The maximum atomic E-state index is 13.3. The molecule has 1 aliphatic heterocycles. The van der Waals surface area contributed by atoms with Crippen molar-refractivity contribution in [2.24, 2.45) is 0 Å². The zero-order chi connectivity index (χ0) is 16.4. The number of methoxy groups -OCH3 is 1. The van der Waals surface area contributed by atoms with Gasteiger partial charge in [0, 0.05) is 18.0 Å². The van der Waals surface area contributed by atoms with Crippen molar-refractivity contribution in [3.63, 3.8) is 0 Å². The number of halogens is 1. The molecule has 1 heterocycles. The van der Waals surface area contributed by atoms with Crippen LogP contribution < -0.4 is 10.1 Å². The van der Waals surface area contributed by atoms with Gasteiger partial charge in [-0.1, -0.05) is 32.0 Å². The predicted molar refractivity (Wildman–Crippen MR) is 91.5 cm³/mol. The highest BCUT2D eigenvalue weighted by Crippen LogP contribution is 2.38. The van der Waals surface area contributed by atoms with Crippen LogP contribution in [0.3, 0.4) is 0 Å². The lowest BCUT2D eigenvalue weighted by atomic mass is 9.76. The van der Waals surface area contributed by atoms with Gasteiger partial charge in [-0.2, -0.15) is 0 Å². The van der Waals surface area contributed by atoms with Gasteiger partial charge in [-0.15, -0.1) is 0 Å². The fourth-order valence-electron chi connectivity index (χ4n) is 3.40.